The number of hydrogen-bond donors (Lipinski definition) is 0. The van der Waals surface area contributed by atoms with Crippen LogP contribution in [0.25, 0.3) is 0 Å². The van der Waals surface area contributed by atoms with Crippen molar-refractivity contribution >= 4 is 6.29 Å². The molecule has 1 unspecified atom stereocenters. The molecule has 0 aliphatic carbocycles. The Morgan fingerprint density at radius 3 is 2.61 bits per heavy atom. The minimum Gasteiger partial charge on any atom is -0.380 e. The third kappa shape index (κ3) is 5.04. The third-order valence-corrected chi connectivity index (χ3v) is 3.67. The Hall–Kier alpha value is -0.450. The topological polar surface area (TPSA) is 32.8 Å². The van der Waals surface area contributed by atoms with Gasteiger partial charge in [0.2, 0.25) is 0 Å². The van der Waals surface area contributed by atoms with E-state index >= 15 is 0 Å². The van der Waals surface area contributed by atoms with Crippen LogP contribution >= 0.6 is 0 Å². The van der Waals surface area contributed by atoms with Crippen molar-refractivity contribution in [2.75, 3.05) is 53.5 Å². The lowest BCUT2D eigenvalue weighted by molar-refractivity contribution is -0.125. The predicted octanol–water partition coefficient (Wildman–Crippen LogP) is 1.26. The van der Waals surface area contributed by atoms with Gasteiger partial charge in [-0.05, 0) is 53.0 Å². The van der Waals surface area contributed by atoms with Crippen LogP contribution in [-0.2, 0) is 9.53 Å². The van der Waals surface area contributed by atoms with Crippen molar-refractivity contribution in [3.05, 3.63) is 0 Å². The highest BCUT2D eigenvalue weighted by Gasteiger charge is 2.34. The monoisotopic (exact) mass is 256 g/mol. The van der Waals surface area contributed by atoms with Gasteiger partial charge in [0, 0.05) is 13.2 Å². The van der Waals surface area contributed by atoms with Crippen molar-refractivity contribution in [1.82, 2.24) is 9.80 Å². The minimum atomic E-state index is -0.258. The van der Waals surface area contributed by atoms with E-state index in [9.17, 15) is 4.79 Å². The zero-order valence-corrected chi connectivity index (χ0v) is 12.2. The van der Waals surface area contributed by atoms with Crippen LogP contribution in [0.2, 0.25) is 0 Å². The smallest absolute Gasteiger partial charge is 0.129 e. The summed E-state index contributed by atoms with van der Waals surface area (Å²) in [7, 11) is 4.19. The van der Waals surface area contributed by atoms with Crippen molar-refractivity contribution in [3.8, 4) is 0 Å². The SMILES string of the molecule is CCN(CCCN(C)C)CC1(C=O)CCCOC1. The molecule has 1 rings (SSSR count). The largest absolute Gasteiger partial charge is 0.380 e. The summed E-state index contributed by atoms with van der Waals surface area (Å²) in [5, 5.41) is 0. The van der Waals surface area contributed by atoms with Gasteiger partial charge in [0.1, 0.15) is 6.29 Å². The first kappa shape index (κ1) is 15.6. The van der Waals surface area contributed by atoms with Crippen molar-refractivity contribution in [1.29, 1.82) is 0 Å². The van der Waals surface area contributed by atoms with Gasteiger partial charge < -0.3 is 19.3 Å². The van der Waals surface area contributed by atoms with Crippen LogP contribution in [0.3, 0.4) is 0 Å². The van der Waals surface area contributed by atoms with E-state index in [1.807, 2.05) is 0 Å². The van der Waals surface area contributed by atoms with E-state index in [-0.39, 0.29) is 5.41 Å². The summed E-state index contributed by atoms with van der Waals surface area (Å²) >= 11 is 0. The van der Waals surface area contributed by atoms with Crippen LogP contribution in [0.15, 0.2) is 0 Å². The molecule has 1 saturated heterocycles. The Morgan fingerprint density at radius 2 is 2.11 bits per heavy atom. The van der Waals surface area contributed by atoms with Crippen molar-refractivity contribution < 1.29 is 9.53 Å². The molecule has 0 aromatic heterocycles. The zero-order chi connectivity index (χ0) is 13.4. The van der Waals surface area contributed by atoms with Gasteiger partial charge in [0.15, 0.2) is 0 Å². The van der Waals surface area contributed by atoms with Crippen LogP contribution in [0.4, 0.5) is 0 Å². The van der Waals surface area contributed by atoms with Gasteiger partial charge in [-0.25, -0.2) is 0 Å². The maximum atomic E-state index is 11.4. The molecular formula is C14H28N2O2. The molecule has 106 valence electrons. The maximum absolute atomic E-state index is 11.4. The number of ether oxygens (including phenoxy) is 1. The normalized spacial score (nSPS) is 24.7. The van der Waals surface area contributed by atoms with Crippen molar-refractivity contribution in [2.24, 2.45) is 5.41 Å². The summed E-state index contributed by atoms with van der Waals surface area (Å²) < 4.78 is 5.50. The lowest BCUT2D eigenvalue weighted by Crippen LogP contribution is -2.44. The third-order valence-electron chi connectivity index (χ3n) is 3.67. The van der Waals surface area contributed by atoms with Crippen LogP contribution in [0.1, 0.15) is 26.2 Å². The fraction of sp³-hybridized carbons (Fsp3) is 0.929. The van der Waals surface area contributed by atoms with Crippen LogP contribution in [0.5, 0.6) is 0 Å². The van der Waals surface area contributed by atoms with Gasteiger partial charge in [-0.3, -0.25) is 0 Å². The highest BCUT2D eigenvalue weighted by Crippen LogP contribution is 2.27. The Labute approximate surface area is 111 Å². The molecule has 18 heavy (non-hydrogen) atoms. The van der Waals surface area contributed by atoms with Gasteiger partial charge >= 0.3 is 0 Å². The number of rotatable bonds is 8. The summed E-state index contributed by atoms with van der Waals surface area (Å²) in [5.74, 6) is 0. The second-order valence-electron chi connectivity index (χ2n) is 5.66. The van der Waals surface area contributed by atoms with Crippen LogP contribution < -0.4 is 0 Å². The predicted molar refractivity (Wildman–Crippen MR) is 73.8 cm³/mol. The fourth-order valence-corrected chi connectivity index (χ4v) is 2.53. The minimum absolute atomic E-state index is 0.258. The van der Waals surface area contributed by atoms with E-state index in [4.69, 9.17) is 4.74 Å². The Bertz CT molecular complexity index is 238. The molecular weight excluding hydrogens is 228 g/mol. The van der Waals surface area contributed by atoms with Gasteiger partial charge in [-0.15, -0.1) is 0 Å². The Balaban J connectivity index is 2.41. The van der Waals surface area contributed by atoms with E-state index in [0.717, 1.165) is 58.3 Å². The molecule has 1 aliphatic rings. The molecule has 0 bridgehead atoms. The molecule has 4 heteroatoms. The first-order valence-corrected chi connectivity index (χ1v) is 7.03. The Morgan fingerprint density at radius 1 is 1.33 bits per heavy atom. The van der Waals surface area contributed by atoms with Gasteiger partial charge in [0.25, 0.3) is 0 Å². The summed E-state index contributed by atoms with van der Waals surface area (Å²) in [4.78, 5) is 16.0. The molecule has 0 aromatic carbocycles. The highest BCUT2D eigenvalue weighted by atomic mass is 16.5. The molecule has 0 radical (unpaired) electrons. The quantitative estimate of drug-likeness (QED) is 0.612. The van der Waals surface area contributed by atoms with Crippen LogP contribution in [-0.4, -0.2) is 69.6 Å². The first-order valence-electron chi connectivity index (χ1n) is 7.03. The Kier molecular flexibility index (Phi) is 6.82. The van der Waals surface area contributed by atoms with E-state index < -0.39 is 0 Å². The molecule has 1 fully saturated rings. The summed E-state index contributed by atoms with van der Waals surface area (Å²) in [6.07, 6.45) is 4.26. The number of nitrogens with zero attached hydrogens (tertiary/aromatic N) is 2. The van der Waals surface area contributed by atoms with Gasteiger partial charge in [-0.2, -0.15) is 0 Å². The molecule has 0 N–H and O–H groups in total. The van der Waals surface area contributed by atoms with Gasteiger partial charge in [-0.1, -0.05) is 6.92 Å². The van der Waals surface area contributed by atoms with E-state index in [2.05, 4.69) is 30.8 Å². The number of carbonyl (C=O) groups is 1. The first-order chi connectivity index (χ1) is 8.62. The summed E-state index contributed by atoms with van der Waals surface area (Å²) in [6, 6.07) is 0. The molecule has 0 amide bonds. The average molecular weight is 256 g/mol. The molecule has 1 aliphatic heterocycles. The summed E-state index contributed by atoms with van der Waals surface area (Å²) in [5.41, 5.74) is -0.258. The molecule has 1 atom stereocenters. The molecule has 0 aromatic rings. The van der Waals surface area contributed by atoms with E-state index in [1.54, 1.807) is 0 Å². The van der Waals surface area contributed by atoms with E-state index in [1.165, 1.54) is 0 Å². The van der Waals surface area contributed by atoms with Crippen LogP contribution in [0, 0.1) is 5.41 Å². The summed E-state index contributed by atoms with van der Waals surface area (Å²) in [6.45, 7) is 7.58. The van der Waals surface area contributed by atoms with Gasteiger partial charge in [0.05, 0.1) is 12.0 Å². The second kappa shape index (κ2) is 7.87. The number of carbonyl (C=O) groups excluding carboxylic acids is 1. The van der Waals surface area contributed by atoms with Crippen molar-refractivity contribution in [2.45, 2.75) is 26.2 Å². The van der Waals surface area contributed by atoms with E-state index in [0.29, 0.717) is 6.61 Å². The average Bonchev–Trinajstić information content (AvgIpc) is 2.38. The number of aldehydes is 1. The molecule has 0 spiro atoms. The molecule has 4 nitrogen and oxygen atoms in total. The maximum Gasteiger partial charge on any atom is 0.129 e. The lowest BCUT2D eigenvalue weighted by atomic mass is 9.83. The molecule has 1 heterocycles. The standard InChI is InChI=1S/C14H28N2O2/c1-4-16(9-6-8-15(2)3)11-14(12-17)7-5-10-18-13-14/h12H,4-11,13H2,1-3H3. The second-order valence-corrected chi connectivity index (χ2v) is 5.66. The highest BCUT2D eigenvalue weighted by molar-refractivity contribution is 5.60. The fourth-order valence-electron chi connectivity index (χ4n) is 2.53. The lowest BCUT2D eigenvalue weighted by Gasteiger charge is -2.36. The number of hydrogen-bond acceptors (Lipinski definition) is 4. The zero-order valence-electron chi connectivity index (χ0n) is 12.2. The molecule has 0 saturated carbocycles. The van der Waals surface area contributed by atoms with Crippen molar-refractivity contribution in [3.63, 3.8) is 0 Å².